The number of hydrogen-bond donors (Lipinski definition) is 3. The molecule has 2 aromatic rings. The van der Waals surface area contributed by atoms with Gasteiger partial charge in [-0.3, -0.25) is 9.36 Å². The Kier molecular flexibility index (Phi) is 5.39. The van der Waals surface area contributed by atoms with Crippen molar-refractivity contribution in [1.29, 1.82) is 0 Å². The van der Waals surface area contributed by atoms with Gasteiger partial charge in [-0.25, -0.2) is 9.78 Å². The Hall–Kier alpha value is -2.64. The van der Waals surface area contributed by atoms with Gasteiger partial charge in [0.25, 0.3) is 5.56 Å². The van der Waals surface area contributed by atoms with E-state index in [4.69, 9.17) is 0 Å². The number of fused-ring (bicyclic) bond motifs is 1. The van der Waals surface area contributed by atoms with Crippen LogP contribution in [0.1, 0.15) is 39.5 Å². The summed E-state index contributed by atoms with van der Waals surface area (Å²) in [5, 5.41) is 10.1. The number of hydrogen-bond acceptors (Lipinski definition) is 5. The van der Waals surface area contributed by atoms with Crippen molar-refractivity contribution >= 4 is 23.0 Å². The Labute approximate surface area is 152 Å². The lowest BCUT2D eigenvalue weighted by molar-refractivity contribution is 0.229. The van der Waals surface area contributed by atoms with Gasteiger partial charge >= 0.3 is 6.03 Å². The van der Waals surface area contributed by atoms with Crippen LogP contribution in [0.2, 0.25) is 0 Å². The molecule has 0 aliphatic heterocycles. The van der Waals surface area contributed by atoms with E-state index >= 15 is 0 Å². The average Bonchev–Trinajstić information content (AvgIpc) is 2.59. The van der Waals surface area contributed by atoms with Gasteiger partial charge < -0.3 is 16.0 Å². The van der Waals surface area contributed by atoms with Gasteiger partial charge in [0.1, 0.15) is 5.65 Å². The van der Waals surface area contributed by atoms with E-state index in [-0.39, 0.29) is 29.7 Å². The molecule has 0 radical (unpaired) electrons. The molecule has 2 heterocycles. The first-order chi connectivity index (χ1) is 12.4. The Bertz CT molecular complexity index is 839. The molecular weight excluding hydrogens is 332 g/mol. The van der Waals surface area contributed by atoms with E-state index in [9.17, 15) is 9.59 Å². The molecule has 26 heavy (non-hydrogen) atoms. The third kappa shape index (κ3) is 4.30. The number of urea groups is 1. The standard InChI is InChI=1S/C18H26N6O2/c1-11(2)20-18(26)22-14-7-5-13(6-8-14)21-17-19-10-12-4-9-15(25)24(3)16(12)23-17/h4,9-11,13-14H,5-8H2,1-3H3,(H,19,21,23)(H2,20,22,26)/t13-,14-. The summed E-state index contributed by atoms with van der Waals surface area (Å²) in [5.41, 5.74) is 0.532. The number of rotatable bonds is 4. The van der Waals surface area contributed by atoms with Crippen LogP contribution in [-0.2, 0) is 7.05 Å². The molecule has 140 valence electrons. The fraction of sp³-hybridized carbons (Fsp3) is 0.556. The Morgan fingerprint density at radius 3 is 2.58 bits per heavy atom. The molecule has 2 aromatic heterocycles. The largest absolute Gasteiger partial charge is 0.351 e. The highest BCUT2D eigenvalue weighted by Gasteiger charge is 2.23. The number of aromatic nitrogens is 3. The van der Waals surface area contributed by atoms with Crippen LogP contribution in [0.25, 0.3) is 11.0 Å². The Morgan fingerprint density at radius 1 is 1.19 bits per heavy atom. The third-order valence-electron chi connectivity index (χ3n) is 4.67. The second kappa shape index (κ2) is 7.72. The van der Waals surface area contributed by atoms with E-state index in [2.05, 4.69) is 25.9 Å². The quantitative estimate of drug-likeness (QED) is 0.773. The number of nitrogens with zero attached hydrogens (tertiary/aromatic N) is 3. The maximum atomic E-state index is 11.8. The number of nitrogens with one attached hydrogen (secondary N) is 3. The lowest BCUT2D eigenvalue weighted by Crippen LogP contribution is -2.46. The van der Waals surface area contributed by atoms with Gasteiger partial charge in [-0.05, 0) is 45.6 Å². The van der Waals surface area contributed by atoms with Crippen molar-refractivity contribution in [3.8, 4) is 0 Å². The predicted octanol–water partition coefficient (Wildman–Crippen LogP) is 1.76. The van der Waals surface area contributed by atoms with E-state index in [0.717, 1.165) is 31.1 Å². The third-order valence-corrected chi connectivity index (χ3v) is 4.67. The first kappa shape index (κ1) is 18.2. The van der Waals surface area contributed by atoms with Crippen LogP contribution in [0.4, 0.5) is 10.7 Å². The van der Waals surface area contributed by atoms with Gasteiger partial charge in [0, 0.05) is 42.8 Å². The number of carbonyl (C=O) groups is 1. The topological polar surface area (TPSA) is 101 Å². The van der Waals surface area contributed by atoms with Crippen molar-refractivity contribution in [3.63, 3.8) is 0 Å². The second-order valence-corrected chi connectivity index (χ2v) is 7.17. The first-order valence-corrected chi connectivity index (χ1v) is 9.08. The van der Waals surface area contributed by atoms with Crippen LogP contribution in [0, 0.1) is 0 Å². The van der Waals surface area contributed by atoms with E-state index in [0.29, 0.717) is 11.6 Å². The molecule has 0 unspecified atom stereocenters. The molecule has 1 saturated carbocycles. The summed E-state index contributed by atoms with van der Waals surface area (Å²) in [5.74, 6) is 0.535. The number of carbonyl (C=O) groups excluding carboxylic acids is 1. The highest BCUT2D eigenvalue weighted by Crippen LogP contribution is 2.21. The SMILES string of the molecule is CC(C)NC(=O)N[C@H]1CC[C@H](Nc2ncc3ccc(=O)n(C)c3n2)CC1. The zero-order chi connectivity index (χ0) is 18.7. The molecule has 1 aliphatic carbocycles. The Morgan fingerprint density at radius 2 is 1.88 bits per heavy atom. The number of amides is 2. The van der Waals surface area contributed by atoms with E-state index in [1.54, 1.807) is 19.3 Å². The summed E-state index contributed by atoms with van der Waals surface area (Å²) in [6.45, 7) is 3.89. The molecule has 0 saturated heterocycles. The number of pyridine rings is 1. The lowest BCUT2D eigenvalue weighted by Gasteiger charge is -2.30. The summed E-state index contributed by atoms with van der Waals surface area (Å²) in [6, 6.07) is 3.75. The Balaban J connectivity index is 1.58. The summed E-state index contributed by atoms with van der Waals surface area (Å²) >= 11 is 0. The smallest absolute Gasteiger partial charge is 0.315 e. The molecule has 0 aromatic carbocycles. The predicted molar refractivity (Wildman–Crippen MR) is 101 cm³/mol. The molecule has 1 aliphatic rings. The molecule has 0 spiro atoms. The minimum Gasteiger partial charge on any atom is -0.351 e. The number of aryl methyl sites for hydroxylation is 1. The fourth-order valence-corrected chi connectivity index (χ4v) is 3.27. The molecule has 3 rings (SSSR count). The maximum absolute atomic E-state index is 11.8. The van der Waals surface area contributed by atoms with Crippen molar-refractivity contribution < 1.29 is 4.79 Å². The number of anilines is 1. The van der Waals surface area contributed by atoms with E-state index in [1.807, 2.05) is 13.8 Å². The highest BCUT2D eigenvalue weighted by atomic mass is 16.2. The van der Waals surface area contributed by atoms with Gasteiger partial charge in [-0.15, -0.1) is 0 Å². The van der Waals surface area contributed by atoms with E-state index < -0.39 is 0 Å². The monoisotopic (exact) mass is 358 g/mol. The van der Waals surface area contributed by atoms with Crippen LogP contribution in [0.5, 0.6) is 0 Å². The van der Waals surface area contributed by atoms with Crippen LogP contribution >= 0.6 is 0 Å². The molecule has 8 heteroatoms. The van der Waals surface area contributed by atoms with Crippen molar-refractivity contribution in [3.05, 3.63) is 28.7 Å². The van der Waals surface area contributed by atoms with Crippen LogP contribution in [0.15, 0.2) is 23.1 Å². The van der Waals surface area contributed by atoms with E-state index in [1.165, 1.54) is 10.6 Å². The molecule has 2 amide bonds. The molecule has 1 fully saturated rings. The second-order valence-electron chi connectivity index (χ2n) is 7.17. The zero-order valence-corrected chi connectivity index (χ0v) is 15.5. The molecule has 8 nitrogen and oxygen atoms in total. The van der Waals surface area contributed by atoms with Gasteiger partial charge in [0.15, 0.2) is 0 Å². The summed E-state index contributed by atoms with van der Waals surface area (Å²) in [7, 11) is 1.71. The summed E-state index contributed by atoms with van der Waals surface area (Å²) in [6.07, 6.45) is 5.42. The van der Waals surface area contributed by atoms with Gasteiger partial charge in [-0.2, -0.15) is 4.98 Å². The summed E-state index contributed by atoms with van der Waals surface area (Å²) in [4.78, 5) is 32.4. The minimum atomic E-state index is -0.102. The molecule has 0 bridgehead atoms. The summed E-state index contributed by atoms with van der Waals surface area (Å²) < 4.78 is 1.52. The minimum absolute atomic E-state index is 0.0894. The normalized spacial score (nSPS) is 20.2. The van der Waals surface area contributed by atoms with Gasteiger partial charge in [0.05, 0.1) is 0 Å². The van der Waals surface area contributed by atoms with Crippen molar-refractivity contribution in [1.82, 2.24) is 25.2 Å². The van der Waals surface area contributed by atoms with Gasteiger partial charge in [0.2, 0.25) is 5.95 Å². The molecular formula is C18H26N6O2. The van der Waals surface area contributed by atoms with Crippen molar-refractivity contribution in [2.75, 3.05) is 5.32 Å². The molecule has 3 N–H and O–H groups in total. The van der Waals surface area contributed by atoms with Crippen LogP contribution in [-0.4, -0.2) is 38.7 Å². The highest BCUT2D eigenvalue weighted by molar-refractivity contribution is 5.75. The average molecular weight is 358 g/mol. The van der Waals surface area contributed by atoms with Crippen molar-refractivity contribution in [2.45, 2.75) is 57.7 Å². The maximum Gasteiger partial charge on any atom is 0.315 e. The first-order valence-electron chi connectivity index (χ1n) is 9.08. The van der Waals surface area contributed by atoms with Crippen LogP contribution < -0.4 is 21.5 Å². The van der Waals surface area contributed by atoms with Crippen molar-refractivity contribution in [2.24, 2.45) is 7.05 Å². The lowest BCUT2D eigenvalue weighted by atomic mass is 9.91. The fourth-order valence-electron chi connectivity index (χ4n) is 3.27. The van der Waals surface area contributed by atoms with Gasteiger partial charge in [-0.1, -0.05) is 0 Å². The van der Waals surface area contributed by atoms with Crippen LogP contribution in [0.3, 0.4) is 0 Å². The zero-order valence-electron chi connectivity index (χ0n) is 15.5. The molecule has 0 atom stereocenters.